The van der Waals surface area contributed by atoms with Crippen molar-refractivity contribution in [1.82, 2.24) is 14.9 Å². The summed E-state index contributed by atoms with van der Waals surface area (Å²) >= 11 is 5.98. The smallest absolute Gasteiger partial charge is 0.226 e. The van der Waals surface area contributed by atoms with E-state index in [-0.39, 0.29) is 23.9 Å². The number of nitrogens with zero attached hydrogens (tertiary/aromatic N) is 3. The summed E-state index contributed by atoms with van der Waals surface area (Å²) in [6.45, 7) is 14.4. The summed E-state index contributed by atoms with van der Waals surface area (Å²) in [5.74, 6) is -0.0913. The molecule has 2 N–H and O–H groups in total. The molecule has 3 heterocycles. The van der Waals surface area contributed by atoms with Crippen molar-refractivity contribution in [2.45, 2.75) is 60.5 Å². The van der Waals surface area contributed by atoms with Crippen LogP contribution in [0.25, 0.3) is 5.69 Å². The number of anilines is 2. The summed E-state index contributed by atoms with van der Waals surface area (Å²) < 4.78 is 2.35. The van der Waals surface area contributed by atoms with Crippen LogP contribution in [0.5, 0.6) is 0 Å². The van der Waals surface area contributed by atoms with E-state index in [1.165, 1.54) is 33.8 Å². The van der Waals surface area contributed by atoms with Crippen LogP contribution in [0.3, 0.4) is 0 Å². The zero-order chi connectivity index (χ0) is 28.7. The van der Waals surface area contributed by atoms with Crippen LogP contribution >= 0.6 is 12.2 Å². The molecule has 1 aliphatic rings. The number of hydrogen-bond acceptors (Lipinski definition) is 3. The van der Waals surface area contributed by atoms with Gasteiger partial charge < -0.3 is 20.1 Å². The average molecular weight is 552 g/mol. The predicted octanol–water partition coefficient (Wildman–Crippen LogP) is 7.19. The highest BCUT2D eigenvalue weighted by atomic mass is 32.1. The molecule has 1 amide bonds. The molecule has 1 aliphatic heterocycles. The first-order valence-electron chi connectivity index (χ1n) is 13.8. The summed E-state index contributed by atoms with van der Waals surface area (Å²) in [5, 5.41) is 7.27. The van der Waals surface area contributed by atoms with Gasteiger partial charge in [0.25, 0.3) is 0 Å². The van der Waals surface area contributed by atoms with E-state index in [0.717, 1.165) is 22.6 Å². The number of benzene rings is 2. The molecule has 4 aromatic rings. The van der Waals surface area contributed by atoms with E-state index >= 15 is 0 Å². The Hall–Kier alpha value is -3.97. The second-order valence-corrected chi connectivity index (χ2v) is 11.5. The van der Waals surface area contributed by atoms with Gasteiger partial charge >= 0.3 is 0 Å². The molecular weight excluding hydrogens is 514 g/mol. The lowest BCUT2D eigenvalue weighted by molar-refractivity contribution is -0.118. The molecule has 2 atom stereocenters. The summed E-state index contributed by atoms with van der Waals surface area (Å²) in [5.41, 5.74) is 10.9. The molecule has 0 saturated carbocycles. The van der Waals surface area contributed by atoms with Gasteiger partial charge in [-0.15, -0.1) is 0 Å². The van der Waals surface area contributed by atoms with Gasteiger partial charge in [-0.05, 0) is 112 Å². The summed E-state index contributed by atoms with van der Waals surface area (Å²) in [6.07, 6.45) is 1.83. The standard InChI is InChI=1S/C33H37N5OS/c1-19(2)32(39)35-27-14-13-25(17-22(27)5)38-31(30(36-33(38)40)28-10-8-9-15-34-28)26-18-23(6)37(24(26)7)29-16-20(3)11-12-21(29)4/h8-19,30-31H,1-7H3,(H,35,39)(H,36,40)/t30-,31-/m0/s1. The van der Waals surface area contributed by atoms with E-state index in [4.69, 9.17) is 17.2 Å². The molecule has 1 fully saturated rings. The SMILES string of the molecule is Cc1ccc(C)c(-n2c(C)cc([C@H]3[C@H](c4ccccn4)NC(=S)N3c3ccc(NC(=O)C(C)C)c(C)c3)c2C)c1. The minimum Gasteiger partial charge on any atom is -0.351 e. The van der Waals surface area contributed by atoms with Crippen molar-refractivity contribution in [3.05, 3.63) is 106 Å². The van der Waals surface area contributed by atoms with Crippen LogP contribution in [0.2, 0.25) is 0 Å². The maximum Gasteiger partial charge on any atom is 0.226 e. The Morgan fingerprint density at radius 1 is 0.975 bits per heavy atom. The van der Waals surface area contributed by atoms with E-state index in [1.807, 2.05) is 51.2 Å². The molecule has 7 heteroatoms. The van der Waals surface area contributed by atoms with Crippen LogP contribution in [0, 0.1) is 40.5 Å². The van der Waals surface area contributed by atoms with Crippen molar-refractivity contribution >= 4 is 34.6 Å². The van der Waals surface area contributed by atoms with Gasteiger partial charge in [-0.25, -0.2) is 0 Å². The van der Waals surface area contributed by atoms with E-state index in [2.05, 4.69) is 84.2 Å². The van der Waals surface area contributed by atoms with Crippen LogP contribution in [-0.2, 0) is 4.79 Å². The van der Waals surface area contributed by atoms with Gasteiger partial charge in [0, 0.05) is 40.6 Å². The van der Waals surface area contributed by atoms with Crippen molar-refractivity contribution < 1.29 is 4.79 Å². The molecule has 5 rings (SSSR count). The number of amides is 1. The third-order valence-corrected chi connectivity index (χ3v) is 8.08. The van der Waals surface area contributed by atoms with E-state index in [1.54, 1.807) is 0 Å². The highest BCUT2D eigenvalue weighted by Gasteiger charge is 2.42. The summed E-state index contributed by atoms with van der Waals surface area (Å²) in [7, 11) is 0. The van der Waals surface area contributed by atoms with Crippen LogP contribution in [-0.4, -0.2) is 20.6 Å². The fourth-order valence-electron chi connectivity index (χ4n) is 5.58. The van der Waals surface area contributed by atoms with Crippen molar-refractivity contribution in [2.24, 2.45) is 5.92 Å². The van der Waals surface area contributed by atoms with Crippen molar-refractivity contribution in [3.63, 3.8) is 0 Å². The Bertz CT molecular complexity index is 1590. The van der Waals surface area contributed by atoms with Crippen LogP contribution in [0.15, 0.2) is 66.9 Å². The molecule has 0 aliphatic carbocycles. The largest absolute Gasteiger partial charge is 0.351 e. The molecule has 206 valence electrons. The van der Waals surface area contributed by atoms with Gasteiger partial charge in [0.2, 0.25) is 5.91 Å². The molecule has 0 radical (unpaired) electrons. The molecule has 40 heavy (non-hydrogen) atoms. The Balaban J connectivity index is 1.64. The number of rotatable bonds is 6. The van der Waals surface area contributed by atoms with Gasteiger partial charge in [0.15, 0.2) is 5.11 Å². The van der Waals surface area contributed by atoms with Gasteiger partial charge in [-0.2, -0.15) is 0 Å². The quantitative estimate of drug-likeness (QED) is 0.249. The first-order valence-corrected chi connectivity index (χ1v) is 14.2. The third kappa shape index (κ3) is 5.02. The number of pyridine rings is 1. The third-order valence-electron chi connectivity index (χ3n) is 7.76. The number of hydrogen-bond donors (Lipinski definition) is 2. The number of aryl methyl sites for hydroxylation is 4. The van der Waals surface area contributed by atoms with Crippen molar-refractivity contribution in [2.75, 3.05) is 10.2 Å². The lowest BCUT2D eigenvalue weighted by Gasteiger charge is -2.29. The lowest BCUT2D eigenvalue weighted by atomic mass is 9.96. The molecule has 0 bridgehead atoms. The highest BCUT2D eigenvalue weighted by Crippen LogP contribution is 2.44. The highest BCUT2D eigenvalue weighted by molar-refractivity contribution is 7.80. The van der Waals surface area contributed by atoms with E-state index < -0.39 is 0 Å². The molecule has 2 aromatic heterocycles. The Morgan fingerprint density at radius 3 is 2.42 bits per heavy atom. The number of carbonyl (C=O) groups excluding carboxylic acids is 1. The molecule has 2 aromatic carbocycles. The zero-order valence-corrected chi connectivity index (χ0v) is 25.1. The fraction of sp³-hybridized carbons (Fsp3) is 0.303. The number of aromatic nitrogens is 2. The number of carbonyl (C=O) groups is 1. The molecular formula is C33H37N5OS. The minimum absolute atomic E-state index is 0.00110. The van der Waals surface area contributed by atoms with Crippen LogP contribution < -0.4 is 15.5 Å². The average Bonchev–Trinajstić information content (AvgIpc) is 3.41. The van der Waals surface area contributed by atoms with Gasteiger partial charge in [-0.3, -0.25) is 9.78 Å². The van der Waals surface area contributed by atoms with Crippen LogP contribution in [0.4, 0.5) is 11.4 Å². The monoisotopic (exact) mass is 551 g/mol. The molecule has 0 spiro atoms. The van der Waals surface area contributed by atoms with Crippen LogP contribution in [0.1, 0.15) is 65.3 Å². The van der Waals surface area contributed by atoms with Gasteiger partial charge in [-0.1, -0.05) is 32.0 Å². The molecule has 1 saturated heterocycles. The normalized spacial score (nSPS) is 16.9. The number of nitrogens with one attached hydrogen (secondary N) is 2. The van der Waals surface area contributed by atoms with Crippen molar-refractivity contribution in [1.29, 1.82) is 0 Å². The predicted molar refractivity (Wildman–Crippen MR) is 167 cm³/mol. The Kier molecular flexibility index (Phi) is 7.51. The maximum atomic E-state index is 12.4. The van der Waals surface area contributed by atoms with E-state index in [0.29, 0.717) is 5.11 Å². The maximum absolute atomic E-state index is 12.4. The first kappa shape index (κ1) is 27.6. The second kappa shape index (κ2) is 10.9. The zero-order valence-electron chi connectivity index (χ0n) is 24.2. The van der Waals surface area contributed by atoms with Gasteiger partial charge in [0.05, 0.1) is 17.8 Å². The first-order chi connectivity index (χ1) is 19.1. The van der Waals surface area contributed by atoms with Gasteiger partial charge in [0.1, 0.15) is 0 Å². The number of thiocarbonyl (C=S) groups is 1. The Morgan fingerprint density at radius 2 is 1.75 bits per heavy atom. The topological polar surface area (TPSA) is 62.2 Å². The van der Waals surface area contributed by atoms with Crippen molar-refractivity contribution in [3.8, 4) is 5.69 Å². The summed E-state index contributed by atoms with van der Waals surface area (Å²) in [6, 6.07) is 20.7. The fourth-order valence-corrected chi connectivity index (χ4v) is 5.93. The Labute approximate surface area is 242 Å². The lowest BCUT2D eigenvalue weighted by Crippen LogP contribution is -2.29. The van der Waals surface area contributed by atoms with E-state index in [9.17, 15) is 4.79 Å². The summed E-state index contributed by atoms with van der Waals surface area (Å²) in [4.78, 5) is 19.3. The second-order valence-electron chi connectivity index (χ2n) is 11.1. The molecule has 0 unspecified atom stereocenters. The molecule has 6 nitrogen and oxygen atoms in total. The minimum atomic E-state index is -0.137.